The van der Waals surface area contributed by atoms with Gasteiger partial charge in [-0.3, -0.25) is 9.78 Å². The van der Waals surface area contributed by atoms with Crippen molar-refractivity contribution in [3.63, 3.8) is 0 Å². The van der Waals surface area contributed by atoms with Crippen LogP contribution in [0.2, 0.25) is 18.1 Å². The van der Waals surface area contributed by atoms with Gasteiger partial charge in [-0.1, -0.05) is 26.8 Å². The monoisotopic (exact) mass is 538 g/mol. The second-order valence-corrected chi connectivity index (χ2v) is 15.8. The number of aromatic nitrogens is 6. The molecule has 38 heavy (non-hydrogen) atoms. The molecule has 4 rings (SSSR count). The summed E-state index contributed by atoms with van der Waals surface area (Å²) < 4.78 is 8.04. The van der Waals surface area contributed by atoms with Crippen LogP contribution in [0.15, 0.2) is 30.5 Å². The molecule has 13 heteroatoms. The van der Waals surface area contributed by atoms with Crippen LogP contribution in [0, 0.1) is 0 Å². The van der Waals surface area contributed by atoms with Gasteiger partial charge in [0.2, 0.25) is 5.82 Å². The summed E-state index contributed by atoms with van der Waals surface area (Å²) in [5.74, 6) is 0.340. The Morgan fingerprint density at radius 1 is 1.24 bits per heavy atom. The summed E-state index contributed by atoms with van der Waals surface area (Å²) >= 11 is 0. The first-order valence-electron chi connectivity index (χ1n) is 12.5. The van der Waals surface area contributed by atoms with Crippen LogP contribution in [0.25, 0.3) is 11.5 Å². The Morgan fingerprint density at radius 2 is 2.00 bits per heavy atom. The van der Waals surface area contributed by atoms with Crippen LogP contribution in [0.1, 0.15) is 55.4 Å². The molecule has 202 valence electrons. The molecular formula is C25H34N8O4Si. The summed E-state index contributed by atoms with van der Waals surface area (Å²) in [7, 11) is -1.94. The predicted octanol–water partition coefficient (Wildman–Crippen LogP) is 4.00. The molecule has 2 N–H and O–H groups in total. The van der Waals surface area contributed by atoms with Gasteiger partial charge in [0, 0.05) is 19.3 Å². The van der Waals surface area contributed by atoms with Gasteiger partial charge in [-0.05, 0) is 71.2 Å². The van der Waals surface area contributed by atoms with E-state index in [-0.39, 0.29) is 23.3 Å². The summed E-state index contributed by atoms with van der Waals surface area (Å²) in [6.07, 6.45) is 1.21. The van der Waals surface area contributed by atoms with Gasteiger partial charge in [0.25, 0.3) is 5.91 Å². The molecule has 0 fully saturated rings. The highest BCUT2D eigenvalue weighted by atomic mass is 28.4. The zero-order valence-corrected chi connectivity index (χ0v) is 23.6. The van der Waals surface area contributed by atoms with E-state index in [2.05, 4.69) is 64.7 Å². The largest absolute Gasteiger partial charge is 0.465 e. The quantitative estimate of drug-likeness (QED) is 0.426. The molecule has 0 saturated carbocycles. The molecule has 1 atom stereocenters. The number of anilines is 1. The van der Waals surface area contributed by atoms with E-state index >= 15 is 0 Å². The van der Waals surface area contributed by atoms with Crippen molar-refractivity contribution in [3.8, 4) is 11.5 Å². The van der Waals surface area contributed by atoms with E-state index in [1.807, 2.05) is 6.92 Å². The van der Waals surface area contributed by atoms with Crippen molar-refractivity contribution >= 4 is 26.1 Å². The predicted molar refractivity (Wildman–Crippen MR) is 143 cm³/mol. The van der Waals surface area contributed by atoms with E-state index in [1.54, 1.807) is 35.1 Å². The number of carboxylic acid groups (broad SMARTS) is 1. The van der Waals surface area contributed by atoms with E-state index in [1.165, 1.54) is 4.90 Å². The maximum absolute atomic E-state index is 12.9. The minimum Gasteiger partial charge on any atom is -0.465 e. The maximum Gasteiger partial charge on any atom is 0.407 e. The fraction of sp³-hybridized carbons (Fsp3) is 0.480. The van der Waals surface area contributed by atoms with Gasteiger partial charge in [0.15, 0.2) is 8.32 Å². The molecule has 4 heterocycles. The molecule has 12 nitrogen and oxygen atoms in total. The van der Waals surface area contributed by atoms with Crippen molar-refractivity contribution in [2.24, 2.45) is 0 Å². The minimum atomic E-state index is -1.94. The first kappa shape index (κ1) is 27.3. The number of rotatable bonds is 7. The number of tetrazole rings is 1. The first-order chi connectivity index (χ1) is 17.9. The second kappa shape index (κ2) is 10.6. The van der Waals surface area contributed by atoms with E-state index in [9.17, 15) is 14.7 Å². The highest BCUT2D eigenvalue weighted by Gasteiger charge is 2.37. The van der Waals surface area contributed by atoms with Crippen molar-refractivity contribution in [3.05, 3.63) is 47.3 Å². The third-order valence-electron chi connectivity index (χ3n) is 7.22. The Bertz CT molecular complexity index is 1340. The van der Waals surface area contributed by atoms with Crippen molar-refractivity contribution in [1.82, 2.24) is 35.1 Å². The average Bonchev–Trinajstić information content (AvgIpc) is 3.36. The summed E-state index contributed by atoms with van der Waals surface area (Å²) in [5, 5.41) is 24.3. The molecule has 0 spiro atoms. The average molecular weight is 539 g/mol. The van der Waals surface area contributed by atoms with Crippen LogP contribution in [0.5, 0.6) is 0 Å². The molecule has 0 bridgehead atoms. The molecule has 1 aliphatic heterocycles. The lowest BCUT2D eigenvalue weighted by Crippen LogP contribution is -2.42. The smallest absolute Gasteiger partial charge is 0.407 e. The molecule has 3 aromatic heterocycles. The number of carbonyl (C=O) groups is 2. The van der Waals surface area contributed by atoms with Gasteiger partial charge in [-0.25, -0.2) is 14.5 Å². The fourth-order valence-corrected chi connectivity index (χ4v) is 4.90. The third-order valence-corrected chi connectivity index (χ3v) is 11.7. The Labute approximate surface area is 222 Å². The lowest BCUT2D eigenvalue weighted by molar-refractivity contribution is 0.102. The lowest BCUT2D eigenvalue weighted by atomic mass is 10.0. The normalized spacial score (nSPS) is 14.6. The number of nitrogens with one attached hydrogen (secondary N) is 1. The second-order valence-electron chi connectivity index (χ2n) is 11.0. The molecule has 0 aromatic carbocycles. The van der Waals surface area contributed by atoms with Gasteiger partial charge >= 0.3 is 6.09 Å². The number of hydrogen-bond donors (Lipinski definition) is 2. The summed E-state index contributed by atoms with van der Waals surface area (Å²) in [5.41, 5.74) is 2.40. The van der Waals surface area contributed by atoms with Crippen LogP contribution in [-0.2, 0) is 17.4 Å². The van der Waals surface area contributed by atoms with Crippen LogP contribution in [0.3, 0.4) is 0 Å². The third kappa shape index (κ3) is 5.88. The van der Waals surface area contributed by atoms with Crippen molar-refractivity contribution in [2.45, 2.75) is 64.8 Å². The minimum absolute atomic E-state index is 0.0901. The molecule has 0 unspecified atom stereocenters. The molecule has 2 amide bonds. The van der Waals surface area contributed by atoms with E-state index in [0.29, 0.717) is 36.9 Å². The molecule has 3 aromatic rings. The van der Waals surface area contributed by atoms with E-state index in [0.717, 1.165) is 11.1 Å². The zero-order valence-electron chi connectivity index (χ0n) is 22.6. The molecular weight excluding hydrogens is 504 g/mol. The van der Waals surface area contributed by atoms with Crippen molar-refractivity contribution < 1.29 is 19.1 Å². The molecule has 0 radical (unpaired) electrons. The fourth-order valence-electron chi connectivity index (χ4n) is 3.81. The lowest BCUT2D eigenvalue weighted by Gasteiger charge is -2.36. The van der Waals surface area contributed by atoms with Crippen LogP contribution < -0.4 is 5.32 Å². The van der Waals surface area contributed by atoms with Gasteiger partial charge in [0.05, 0.1) is 12.6 Å². The Kier molecular flexibility index (Phi) is 7.60. The number of hydrogen-bond acceptors (Lipinski definition) is 8. The molecule has 0 saturated heterocycles. The van der Waals surface area contributed by atoms with Crippen LogP contribution >= 0.6 is 0 Å². The van der Waals surface area contributed by atoms with Gasteiger partial charge in [-0.2, -0.15) is 0 Å². The Hall–Kier alpha value is -3.71. The van der Waals surface area contributed by atoms with E-state index in [4.69, 9.17) is 4.43 Å². The molecule has 1 aliphatic rings. The highest BCUT2D eigenvalue weighted by Crippen LogP contribution is 2.37. The van der Waals surface area contributed by atoms with Gasteiger partial charge < -0.3 is 19.7 Å². The zero-order chi connectivity index (χ0) is 27.7. The van der Waals surface area contributed by atoms with Gasteiger partial charge in [0.1, 0.15) is 17.2 Å². The number of carbonyl (C=O) groups excluding carboxylic acids is 1. The Balaban J connectivity index is 1.48. The highest BCUT2D eigenvalue weighted by molar-refractivity contribution is 6.74. The molecule has 0 aliphatic carbocycles. The maximum atomic E-state index is 12.9. The topological polar surface area (TPSA) is 148 Å². The number of pyridine rings is 2. The summed E-state index contributed by atoms with van der Waals surface area (Å²) in [6.45, 7) is 14.1. The standard InChI is InChI=1S/C25H34N8O4Si/c1-16(15-37-38(5,6)25(2,3)4)33-22(29-30-31-33)19-8-7-9-21(27-19)28-23(34)20-12-18-14-32(24(35)36)11-10-17(18)13-26-20/h7-9,12-13,16H,10-11,14-15H2,1-6H3,(H,35,36)(H,27,28,34)/t16-/m1/s1. The number of fused-ring (bicyclic) bond motifs is 1. The summed E-state index contributed by atoms with van der Waals surface area (Å²) in [6, 6.07) is 6.72. The van der Waals surface area contributed by atoms with Crippen LogP contribution in [-0.4, -0.2) is 73.7 Å². The first-order valence-corrected chi connectivity index (χ1v) is 15.4. The SMILES string of the molecule is C[C@H](CO[Si](C)(C)C(C)(C)C)n1nnnc1-c1cccc(NC(=O)c2cc3c(cn2)CCN(C(=O)O)C3)n1. The van der Waals surface area contributed by atoms with E-state index < -0.39 is 20.3 Å². The number of amides is 2. The van der Waals surface area contributed by atoms with Gasteiger partial charge in [-0.15, -0.1) is 5.10 Å². The number of nitrogens with zero attached hydrogens (tertiary/aromatic N) is 7. The van der Waals surface area contributed by atoms with Crippen molar-refractivity contribution in [2.75, 3.05) is 18.5 Å². The Morgan fingerprint density at radius 3 is 2.71 bits per heavy atom. The summed E-state index contributed by atoms with van der Waals surface area (Å²) in [4.78, 5) is 34.4. The van der Waals surface area contributed by atoms with Crippen molar-refractivity contribution in [1.29, 1.82) is 0 Å². The van der Waals surface area contributed by atoms with Crippen LogP contribution in [0.4, 0.5) is 10.6 Å².